The maximum Gasteiger partial charge on any atom is 0.0726 e. The summed E-state index contributed by atoms with van der Waals surface area (Å²) < 4.78 is 0. The molecule has 0 bridgehead atoms. The Morgan fingerprint density at radius 3 is 1.23 bits per heavy atom. The fourth-order valence-corrected chi connectivity index (χ4v) is 7.87. The highest BCUT2D eigenvalue weighted by Crippen LogP contribution is 2.60. The van der Waals surface area contributed by atoms with Gasteiger partial charge in [-0.05, 0) is 102 Å². The van der Waals surface area contributed by atoms with E-state index in [0.717, 1.165) is 0 Å². The van der Waals surface area contributed by atoms with Crippen LogP contribution in [0.5, 0.6) is 0 Å². The zero-order valence-electron chi connectivity index (χ0n) is 24.4. The van der Waals surface area contributed by atoms with Crippen LogP contribution in [0.2, 0.25) is 0 Å². The van der Waals surface area contributed by atoms with Crippen LogP contribution in [0.1, 0.15) is 33.4 Å². The van der Waals surface area contributed by atoms with Crippen LogP contribution in [-0.4, -0.2) is 0 Å². The number of hydrogen-bond acceptors (Lipinski definition) is 0. The summed E-state index contributed by atoms with van der Waals surface area (Å²) in [7, 11) is 0. The first-order chi connectivity index (χ1) is 21.1. The van der Waals surface area contributed by atoms with Gasteiger partial charge in [-0.15, -0.1) is 0 Å². The highest BCUT2D eigenvalue weighted by molar-refractivity contribution is 6.06. The number of benzene rings is 8. The predicted octanol–water partition coefficient (Wildman–Crippen LogP) is 11.3. The van der Waals surface area contributed by atoms with Crippen molar-refractivity contribution in [1.82, 2.24) is 0 Å². The van der Waals surface area contributed by atoms with Gasteiger partial charge < -0.3 is 0 Å². The molecule has 0 unspecified atom stereocenters. The minimum atomic E-state index is -0.509. The Hall–Kier alpha value is -5.20. The molecule has 0 saturated heterocycles. The van der Waals surface area contributed by atoms with Crippen molar-refractivity contribution < 1.29 is 0 Å². The third-order valence-corrected chi connectivity index (χ3v) is 9.76. The van der Waals surface area contributed by atoms with Gasteiger partial charge in [0.05, 0.1) is 5.41 Å². The summed E-state index contributed by atoms with van der Waals surface area (Å²) in [4.78, 5) is 0. The zero-order chi connectivity index (χ0) is 28.7. The molecule has 0 aliphatic heterocycles. The molecule has 0 nitrogen and oxygen atoms in total. The second-order valence-corrected chi connectivity index (χ2v) is 12.3. The van der Waals surface area contributed by atoms with E-state index in [1.54, 1.807) is 0 Å². The van der Waals surface area contributed by atoms with Crippen LogP contribution in [0.3, 0.4) is 0 Å². The van der Waals surface area contributed by atoms with Crippen molar-refractivity contribution in [2.75, 3.05) is 0 Å². The minimum absolute atomic E-state index is 0.509. The maximum absolute atomic E-state index is 2.45. The molecule has 9 rings (SSSR count). The normalized spacial score (nSPS) is 13.5. The van der Waals surface area contributed by atoms with Crippen LogP contribution in [0, 0.1) is 13.8 Å². The van der Waals surface area contributed by atoms with Crippen LogP contribution in [0.4, 0.5) is 0 Å². The lowest BCUT2D eigenvalue weighted by Crippen LogP contribution is -2.29. The van der Waals surface area contributed by atoms with Crippen LogP contribution >= 0.6 is 0 Å². The average Bonchev–Trinajstić information content (AvgIpc) is 3.36. The molecule has 0 radical (unpaired) electrons. The van der Waals surface area contributed by atoms with E-state index in [1.807, 2.05) is 0 Å². The Morgan fingerprint density at radius 1 is 0.349 bits per heavy atom. The van der Waals surface area contributed by atoms with Gasteiger partial charge in [-0.1, -0.05) is 145 Å². The summed E-state index contributed by atoms with van der Waals surface area (Å²) >= 11 is 0. The van der Waals surface area contributed by atoms with Crippen molar-refractivity contribution in [2.45, 2.75) is 19.3 Å². The lowest BCUT2D eigenvalue weighted by Gasteiger charge is -2.36. The van der Waals surface area contributed by atoms with E-state index < -0.39 is 5.41 Å². The molecule has 1 aliphatic carbocycles. The predicted molar refractivity (Wildman–Crippen MR) is 183 cm³/mol. The van der Waals surface area contributed by atoms with Crippen LogP contribution in [0.15, 0.2) is 146 Å². The van der Waals surface area contributed by atoms with Crippen molar-refractivity contribution >= 4 is 43.1 Å². The average molecular weight is 547 g/mol. The van der Waals surface area contributed by atoms with E-state index >= 15 is 0 Å². The van der Waals surface area contributed by atoms with E-state index in [-0.39, 0.29) is 0 Å². The third kappa shape index (κ3) is 3.38. The van der Waals surface area contributed by atoms with Crippen LogP contribution in [-0.2, 0) is 5.41 Å². The number of hydrogen-bond donors (Lipinski definition) is 0. The zero-order valence-corrected chi connectivity index (χ0v) is 24.4. The molecular weight excluding hydrogens is 516 g/mol. The molecule has 8 aromatic carbocycles. The van der Waals surface area contributed by atoms with E-state index in [9.17, 15) is 0 Å². The van der Waals surface area contributed by atoms with Gasteiger partial charge >= 0.3 is 0 Å². The van der Waals surface area contributed by atoms with Gasteiger partial charge in [0, 0.05) is 0 Å². The van der Waals surface area contributed by atoms with Gasteiger partial charge in [-0.2, -0.15) is 0 Å². The van der Waals surface area contributed by atoms with Gasteiger partial charge in [-0.3, -0.25) is 0 Å². The first kappa shape index (κ1) is 24.4. The molecule has 8 aromatic rings. The molecule has 0 saturated carbocycles. The Labute approximate surface area is 251 Å². The van der Waals surface area contributed by atoms with Crippen LogP contribution < -0.4 is 0 Å². The topological polar surface area (TPSA) is 0 Å². The Balaban J connectivity index is 1.53. The third-order valence-electron chi connectivity index (χ3n) is 9.76. The van der Waals surface area contributed by atoms with Gasteiger partial charge in [-0.25, -0.2) is 0 Å². The number of rotatable bonds is 2. The first-order valence-electron chi connectivity index (χ1n) is 15.2. The first-order valence-corrected chi connectivity index (χ1v) is 15.2. The second-order valence-electron chi connectivity index (χ2n) is 12.3. The summed E-state index contributed by atoms with van der Waals surface area (Å²) in [5.41, 5.74) is 10.1. The monoisotopic (exact) mass is 546 g/mol. The number of fused-ring (bicyclic) bond motifs is 9. The number of aryl methyl sites for hydroxylation is 2. The summed E-state index contributed by atoms with van der Waals surface area (Å²) in [6, 6.07) is 55.2. The van der Waals surface area contributed by atoms with Gasteiger partial charge in [0.1, 0.15) is 0 Å². The van der Waals surface area contributed by atoms with E-state index in [4.69, 9.17) is 0 Å². The summed E-state index contributed by atoms with van der Waals surface area (Å²) in [6.07, 6.45) is 0. The fourth-order valence-electron chi connectivity index (χ4n) is 7.87. The highest BCUT2D eigenvalue weighted by Gasteiger charge is 2.48. The van der Waals surface area contributed by atoms with Gasteiger partial charge in [0.25, 0.3) is 0 Å². The maximum atomic E-state index is 2.45. The molecule has 0 fully saturated rings. The quantitative estimate of drug-likeness (QED) is 0.202. The summed E-state index contributed by atoms with van der Waals surface area (Å²) in [5, 5.41) is 10.3. The standard InChI is InChI=1S/C43H30/c1-27-11-13-33-25-35(19-15-31(33)23-27)43(36-20-16-32-24-28(2)12-14-34(32)26-36)41-37-9-5-3-7-29(37)17-21-39(41)40-22-18-30-8-4-6-10-38(30)42(40)43/h3-26H,1-2H3. The Bertz CT molecular complexity index is 2250. The SMILES string of the molecule is Cc1ccc2cc(C3(c4ccc5cc(C)ccc5c4)c4c(ccc5ccccc45)-c4ccc5ccccc5c43)ccc2c1. The molecule has 0 amide bonds. The van der Waals surface area contributed by atoms with Gasteiger partial charge in [0.2, 0.25) is 0 Å². The molecule has 43 heavy (non-hydrogen) atoms. The molecule has 1 aliphatic rings. The molecule has 0 atom stereocenters. The minimum Gasteiger partial charge on any atom is -0.0616 e. The molecule has 202 valence electrons. The highest BCUT2D eigenvalue weighted by atomic mass is 14.5. The van der Waals surface area contributed by atoms with Crippen molar-refractivity contribution in [3.05, 3.63) is 179 Å². The van der Waals surface area contributed by atoms with Crippen molar-refractivity contribution in [3.8, 4) is 11.1 Å². The smallest absolute Gasteiger partial charge is 0.0616 e. The van der Waals surface area contributed by atoms with E-state index in [2.05, 4.69) is 159 Å². The summed E-state index contributed by atoms with van der Waals surface area (Å²) in [6.45, 7) is 4.35. The molecular formula is C43H30. The Morgan fingerprint density at radius 2 is 0.744 bits per heavy atom. The van der Waals surface area contributed by atoms with Crippen molar-refractivity contribution in [2.24, 2.45) is 0 Å². The largest absolute Gasteiger partial charge is 0.0726 e. The van der Waals surface area contributed by atoms with E-state index in [0.29, 0.717) is 0 Å². The molecule has 0 spiro atoms. The Kier molecular flexibility index (Phi) is 5.05. The molecule has 0 N–H and O–H groups in total. The lowest BCUT2D eigenvalue weighted by atomic mass is 9.65. The van der Waals surface area contributed by atoms with E-state index in [1.165, 1.54) is 87.6 Å². The lowest BCUT2D eigenvalue weighted by molar-refractivity contribution is 0.785. The van der Waals surface area contributed by atoms with Gasteiger partial charge in [0.15, 0.2) is 0 Å². The molecule has 0 heteroatoms. The fraction of sp³-hybridized carbons (Fsp3) is 0.0698. The van der Waals surface area contributed by atoms with Crippen LogP contribution in [0.25, 0.3) is 54.2 Å². The van der Waals surface area contributed by atoms with Crippen molar-refractivity contribution in [3.63, 3.8) is 0 Å². The molecule has 0 aromatic heterocycles. The molecule has 0 heterocycles. The second kappa shape index (κ2) is 8.90. The van der Waals surface area contributed by atoms with Crippen molar-refractivity contribution in [1.29, 1.82) is 0 Å². The summed E-state index contributed by atoms with van der Waals surface area (Å²) in [5.74, 6) is 0.